The summed E-state index contributed by atoms with van der Waals surface area (Å²) < 4.78 is 17.7. The van der Waals surface area contributed by atoms with Gasteiger partial charge >= 0.3 is 0 Å². The van der Waals surface area contributed by atoms with Crippen molar-refractivity contribution in [2.24, 2.45) is 5.92 Å². The van der Waals surface area contributed by atoms with Gasteiger partial charge in [-0.2, -0.15) is 0 Å². The quantitative estimate of drug-likeness (QED) is 0.399. The molecule has 1 aliphatic heterocycles. The van der Waals surface area contributed by atoms with E-state index in [1.54, 1.807) is 7.11 Å². The normalized spacial score (nSPS) is 15.8. The number of aromatic amines is 2. The zero-order valence-corrected chi connectivity index (χ0v) is 19.7. The molecule has 1 aliphatic rings. The molecule has 1 saturated heterocycles. The molecule has 174 valence electrons. The van der Waals surface area contributed by atoms with Gasteiger partial charge in [-0.15, -0.1) is 12.4 Å². The Hall–Kier alpha value is -2.26. The van der Waals surface area contributed by atoms with Gasteiger partial charge in [0.25, 0.3) is 0 Å². The van der Waals surface area contributed by atoms with E-state index in [1.807, 2.05) is 42.5 Å². The fourth-order valence-corrected chi connectivity index (χ4v) is 4.18. The summed E-state index contributed by atoms with van der Waals surface area (Å²) in [7, 11) is 1.66. The number of rotatable bonds is 9. The van der Waals surface area contributed by atoms with Crippen LogP contribution in [0.5, 0.6) is 17.2 Å². The molecule has 1 aromatic heterocycles. The van der Waals surface area contributed by atoms with Gasteiger partial charge in [-0.1, -0.05) is 18.2 Å². The zero-order chi connectivity index (χ0) is 21.6. The standard InChI is InChI=1S/C23H29N3O4S.ClH/c1-28-19-6-2-3-7-20(19)29-14-16-9-11-26(12-10-16)13-17(27)15-30-21-8-4-5-18-22(21)25-23(31)24-18;/h2-8,16-17,27H,9-15H2,1H3,(H2,24,25,31);1H. The second-order valence-corrected chi connectivity index (χ2v) is 8.34. The highest BCUT2D eigenvalue weighted by atomic mass is 35.5. The molecule has 1 fully saturated rings. The van der Waals surface area contributed by atoms with Crippen LogP contribution < -0.4 is 14.2 Å². The molecule has 0 saturated carbocycles. The van der Waals surface area contributed by atoms with Crippen LogP contribution >= 0.6 is 24.6 Å². The summed E-state index contributed by atoms with van der Waals surface area (Å²) in [5, 5.41) is 10.5. The molecule has 4 rings (SSSR count). The Labute approximate surface area is 199 Å². The lowest BCUT2D eigenvalue weighted by atomic mass is 9.97. The number of hydrogen-bond acceptors (Lipinski definition) is 6. The number of halogens is 1. The van der Waals surface area contributed by atoms with E-state index in [-0.39, 0.29) is 19.0 Å². The molecule has 0 aliphatic carbocycles. The topological polar surface area (TPSA) is 82.7 Å². The fourth-order valence-electron chi connectivity index (χ4n) is 3.97. The highest BCUT2D eigenvalue weighted by Crippen LogP contribution is 2.28. The lowest BCUT2D eigenvalue weighted by Gasteiger charge is -2.33. The highest BCUT2D eigenvalue weighted by molar-refractivity contribution is 7.71. The molecule has 2 aromatic carbocycles. The molecule has 1 unspecified atom stereocenters. The Kier molecular flexibility index (Phi) is 8.81. The Morgan fingerprint density at radius 2 is 1.75 bits per heavy atom. The zero-order valence-electron chi connectivity index (χ0n) is 18.1. The van der Waals surface area contributed by atoms with E-state index in [1.165, 1.54) is 0 Å². The Balaban J connectivity index is 0.00000289. The largest absolute Gasteiger partial charge is 0.493 e. The maximum atomic E-state index is 10.5. The first-order valence-electron chi connectivity index (χ1n) is 10.6. The van der Waals surface area contributed by atoms with Gasteiger partial charge in [0.1, 0.15) is 24.0 Å². The first kappa shape index (κ1) is 24.4. The number of benzene rings is 2. The van der Waals surface area contributed by atoms with Crippen molar-refractivity contribution >= 4 is 35.7 Å². The Morgan fingerprint density at radius 3 is 2.50 bits per heavy atom. The van der Waals surface area contributed by atoms with Crippen LogP contribution in [0.1, 0.15) is 12.8 Å². The molecule has 1 atom stereocenters. The van der Waals surface area contributed by atoms with Crippen LogP contribution in [0.15, 0.2) is 42.5 Å². The number of methoxy groups -OCH3 is 1. The molecular formula is C23H30ClN3O4S. The van der Waals surface area contributed by atoms with Crippen LogP contribution in [-0.4, -0.2) is 66.0 Å². The SMILES string of the molecule is COc1ccccc1OCC1CCN(CC(O)COc2cccc3[nH]c(=S)[nH]c23)CC1.Cl. The minimum Gasteiger partial charge on any atom is -0.493 e. The monoisotopic (exact) mass is 479 g/mol. The van der Waals surface area contributed by atoms with Crippen molar-refractivity contribution in [3.8, 4) is 17.2 Å². The third-order valence-electron chi connectivity index (χ3n) is 5.66. The number of aromatic nitrogens is 2. The van der Waals surface area contributed by atoms with Crippen molar-refractivity contribution in [3.63, 3.8) is 0 Å². The van der Waals surface area contributed by atoms with Gasteiger partial charge in [0, 0.05) is 6.54 Å². The highest BCUT2D eigenvalue weighted by Gasteiger charge is 2.22. The lowest BCUT2D eigenvalue weighted by molar-refractivity contribution is 0.0505. The van der Waals surface area contributed by atoms with Gasteiger partial charge in [-0.05, 0) is 68.3 Å². The van der Waals surface area contributed by atoms with Crippen LogP contribution in [-0.2, 0) is 0 Å². The first-order chi connectivity index (χ1) is 15.1. The fraction of sp³-hybridized carbons (Fsp3) is 0.435. The number of aliphatic hydroxyl groups is 1. The summed E-state index contributed by atoms with van der Waals surface area (Å²) in [5.74, 6) is 2.75. The van der Waals surface area contributed by atoms with Gasteiger partial charge in [-0.25, -0.2) is 0 Å². The Morgan fingerprint density at radius 1 is 1.03 bits per heavy atom. The van der Waals surface area contributed by atoms with E-state index >= 15 is 0 Å². The van der Waals surface area contributed by atoms with Crippen molar-refractivity contribution in [1.29, 1.82) is 0 Å². The summed E-state index contributed by atoms with van der Waals surface area (Å²) >= 11 is 5.15. The van der Waals surface area contributed by atoms with Crippen molar-refractivity contribution < 1.29 is 19.3 Å². The molecule has 0 radical (unpaired) electrons. The van der Waals surface area contributed by atoms with Crippen LogP contribution in [0.3, 0.4) is 0 Å². The number of ether oxygens (including phenoxy) is 3. The van der Waals surface area contributed by atoms with E-state index in [4.69, 9.17) is 26.4 Å². The van der Waals surface area contributed by atoms with E-state index in [2.05, 4.69) is 14.9 Å². The predicted octanol–water partition coefficient (Wildman–Crippen LogP) is 4.19. The number of β-amino-alcohol motifs (C(OH)–C–C–N with tert-alkyl or cyclic N) is 1. The van der Waals surface area contributed by atoms with Gasteiger partial charge in [-0.3, -0.25) is 0 Å². The molecule has 3 aromatic rings. The van der Waals surface area contributed by atoms with Gasteiger partial charge in [0.2, 0.25) is 0 Å². The van der Waals surface area contributed by atoms with Crippen LogP contribution in [0.25, 0.3) is 11.0 Å². The third kappa shape index (κ3) is 6.16. The Bertz CT molecular complexity index is 1050. The number of aliphatic hydroxyl groups excluding tert-OH is 1. The second kappa shape index (κ2) is 11.6. The van der Waals surface area contributed by atoms with Crippen molar-refractivity contribution in [1.82, 2.24) is 14.9 Å². The average molecular weight is 480 g/mol. The molecule has 32 heavy (non-hydrogen) atoms. The van der Waals surface area contributed by atoms with E-state index in [0.29, 0.717) is 29.6 Å². The van der Waals surface area contributed by atoms with E-state index in [0.717, 1.165) is 48.5 Å². The third-order valence-corrected chi connectivity index (χ3v) is 5.87. The number of nitrogens with zero attached hydrogens (tertiary/aromatic N) is 1. The summed E-state index contributed by atoms with van der Waals surface area (Å²) in [5.41, 5.74) is 1.73. The molecule has 0 amide bonds. The van der Waals surface area contributed by atoms with Crippen LogP contribution in [0.2, 0.25) is 0 Å². The molecule has 9 heteroatoms. The summed E-state index contributed by atoms with van der Waals surface area (Å²) in [6.07, 6.45) is 1.53. The van der Waals surface area contributed by atoms with E-state index in [9.17, 15) is 5.11 Å². The molecule has 3 N–H and O–H groups in total. The van der Waals surface area contributed by atoms with Crippen molar-refractivity contribution in [3.05, 3.63) is 47.2 Å². The number of piperidine rings is 1. The first-order valence-corrected chi connectivity index (χ1v) is 11.0. The summed E-state index contributed by atoms with van der Waals surface area (Å²) in [6.45, 7) is 3.40. The molecule has 7 nitrogen and oxygen atoms in total. The number of H-pyrrole nitrogens is 2. The maximum Gasteiger partial charge on any atom is 0.175 e. The van der Waals surface area contributed by atoms with Crippen LogP contribution in [0, 0.1) is 10.7 Å². The number of nitrogens with one attached hydrogen (secondary N) is 2. The minimum atomic E-state index is -0.557. The second-order valence-electron chi connectivity index (χ2n) is 7.93. The van der Waals surface area contributed by atoms with Crippen molar-refractivity contribution in [2.75, 3.05) is 40.0 Å². The summed E-state index contributed by atoms with van der Waals surface area (Å²) in [4.78, 5) is 8.45. The van der Waals surface area contributed by atoms with Gasteiger partial charge in [0.15, 0.2) is 16.3 Å². The van der Waals surface area contributed by atoms with Gasteiger partial charge in [0.05, 0.1) is 19.2 Å². The maximum absolute atomic E-state index is 10.5. The van der Waals surface area contributed by atoms with E-state index < -0.39 is 6.10 Å². The predicted molar refractivity (Wildman–Crippen MR) is 130 cm³/mol. The average Bonchev–Trinajstić information content (AvgIpc) is 3.18. The molecule has 0 bridgehead atoms. The number of hydrogen-bond donors (Lipinski definition) is 3. The summed E-state index contributed by atoms with van der Waals surface area (Å²) in [6, 6.07) is 13.5. The van der Waals surface area contributed by atoms with Gasteiger partial charge < -0.3 is 34.2 Å². The molecular weight excluding hydrogens is 450 g/mol. The number of imidazole rings is 1. The number of para-hydroxylation sites is 3. The molecule has 2 heterocycles. The number of likely N-dealkylation sites (tertiary alicyclic amines) is 1. The minimum absolute atomic E-state index is 0. The molecule has 0 spiro atoms. The number of fused-ring (bicyclic) bond motifs is 1. The lowest BCUT2D eigenvalue weighted by Crippen LogP contribution is -2.41. The van der Waals surface area contributed by atoms with Crippen LogP contribution in [0.4, 0.5) is 0 Å². The van der Waals surface area contributed by atoms with Crippen molar-refractivity contribution in [2.45, 2.75) is 18.9 Å². The smallest absolute Gasteiger partial charge is 0.175 e.